The van der Waals surface area contributed by atoms with Crippen molar-refractivity contribution in [3.8, 4) is 10.4 Å². The van der Waals surface area contributed by atoms with E-state index >= 15 is 0 Å². The number of nitrogens with one attached hydrogen (secondary N) is 1. The number of anilines is 1. The van der Waals surface area contributed by atoms with Gasteiger partial charge in [0, 0.05) is 16.1 Å². The molecule has 0 bridgehead atoms. The van der Waals surface area contributed by atoms with Crippen LogP contribution in [0.25, 0.3) is 10.4 Å². The van der Waals surface area contributed by atoms with Crippen LogP contribution in [-0.2, 0) is 15.6 Å². The normalized spacial score (nSPS) is 14.5. The fourth-order valence-electron chi connectivity index (χ4n) is 3.23. The van der Waals surface area contributed by atoms with Crippen LogP contribution >= 0.6 is 11.3 Å². The number of sulfone groups is 1. The van der Waals surface area contributed by atoms with Gasteiger partial charge in [0.25, 0.3) is 5.91 Å². The van der Waals surface area contributed by atoms with Crippen LogP contribution in [0.1, 0.15) is 40.6 Å². The van der Waals surface area contributed by atoms with E-state index < -0.39 is 9.84 Å². The summed E-state index contributed by atoms with van der Waals surface area (Å²) in [5.74, 6) is 0.147. The van der Waals surface area contributed by atoms with Crippen molar-refractivity contribution in [2.24, 2.45) is 0 Å². The lowest BCUT2D eigenvalue weighted by Crippen LogP contribution is -2.11. The number of hydrogen-bond donors (Lipinski definition) is 1. The van der Waals surface area contributed by atoms with Crippen LogP contribution in [0, 0.1) is 0 Å². The molecule has 0 fully saturated rings. The zero-order valence-electron chi connectivity index (χ0n) is 15.0. The van der Waals surface area contributed by atoms with Crippen molar-refractivity contribution in [2.45, 2.75) is 30.4 Å². The average Bonchev–Trinajstić information content (AvgIpc) is 3.06. The predicted molar refractivity (Wildman–Crippen MR) is 109 cm³/mol. The van der Waals surface area contributed by atoms with E-state index in [0.717, 1.165) is 10.6 Å². The molecule has 1 aromatic heterocycles. The van der Waals surface area contributed by atoms with E-state index in [1.165, 1.54) is 16.9 Å². The SMILES string of the molecule is CC(C)c1ccc(NC(=O)c2cc3c(s2)-c2ccccc2S(=O)(=O)C3)cc1. The van der Waals surface area contributed by atoms with Gasteiger partial charge in [-0.1, -0.05) is 44.2 Å². The largest absolute Gasteiger partial charge is 0.321 e. The van der Waals surface area contributed by atoms with E-state index in [2.05, 4.69) is 19.2 Å². The Morgan fingerprint density at radius 2 is 1.78 bits per heavy atom. The molecule has 27 heavy (non-hydrogen) atoms. The minimum atomic E-state index is -3.36. The Morgan fingerprint density at radius 1 is 1.07 bits per heavy atom. The fourth-order valence-corrected chi connectivity index (χ4v) is 6.08. The average molecular weight is 398 g/mol. The molecule has 2 aromatic carbocycles. The topological polar surface area (TPSA) is 63.2 Å². The van der Waals surface area contributed by atoms with E-state index in [-0.39, 0.29) is 11.7 Å². The zero-order valence-corrected chi connectivity index (χ0v) is 16.7. The Labute approximate surface area is 162 Å². The van der Waals surface area contributed by atoms with E-state index in [9.17, 15) is 13.2 Å². The van der Waals surface area contributed by atoms with Crippen LogP contribution < -0.4 is 5.32 Å². The van der Waals surface area contributed by atoms with Crippen molar-refractivity contribution in [3.05, 3.63) is 70.6 Å². The number of hydrogen-bond acceptors (Lipinski definition) is 4. The lowest BCUT2D eigenvalue weighted by molar-refractivity contribution is 0.103. The van der Waals surface area contributed by atoms with Crippen LogP contribution in [0.4, 0.5) is 5.69 Å². The maximum atomic E-state index is 12.7. The Kier molecular flexibility index (Phi) is 4.40. The third kappa shape index (κ3) is 3.31. The van der Waals surface area contributed by atoms with Crippen molar-refractivity contribution < 1.29 is 13.2 Å². The molecule has 3 aromatic rings. The van der Waals surface area contributed by atoms with Crippen molar-refractivity contribution in [1.82, 2.24) is 0 Å². The van der Waals surface area contributed by atoms with Gasteiger partial charge in [0.2, 0.25) is 0 Å². The van der Waals surface area contributed by atoms with E-state index in [4.69, 9.17) is 0 Å². The van der Waals surface area contributed by atoms with Crippen LogP contribution in [0.5, 0.6) is 0 Å². The van der Waals surface area contributed by atoms with Gasteiger partial charge in [0.15, 0.2) is 9.84 Å². The lowest BCUT2D eigenvalue weighted by atomic mass is 10.0. The second kappa shape index (κ2) is 6.62. The van der Waals surface area contributed by atoms with E-state index in [1.54, 1.807) is 24.3 Å². The van der Waals surface area contributed by atoms with Crippen molar-refractivity contribution in [2.75, 3.05) is 5.32 Å². The summed E-state index contributed by atoms with van der Waals surface area (Å²) in [6.45, 7) is 4.24. The van der Waals surface area contributed by atoms with Crippen molar-refractivity contribution >= 4 is 32.8 Å². The highest BCUT2D eigenvalue weighted by Gasteiger charge is 2.30. The van der Waals surface area contributed by atoms with Gasteiger partial charge in [0.1, 0.15) is 0 Å². The summed E-state index contributed by atoms with van der Waals surface area (Å²) in [7, 11) is -3.36. The molecule has 4 nitrogen and oxygen atoms in total. The van der Waals surface area contributed by atoms with E-state index in [0.29, 0.717) is 26.8 Å². The van der Waals surface area contributed by atoms with Crippen LogP contribution in [0.15, 0.2) is 59.5 Å². The van der Waals surface area contributed by atoms with Crippen LogP contribution in [0.2, 0.25) is 0 Å². The van der Waals surface area contributed by atoms with Gasteiger partial charge in [-0.05, 0) is 41.3 Å². The predicted octanol–water partition coefficient (Wildman–Crippen LogP) is 5.08. The number of carbonyl (C=O) groups is 1. The second-order valence-corrected chi connectivity index (χ2v) is 9.96. The molecule has 2 heterocycles. The summed E-state index contributed by atoms with van der Waals surface area (Å²) in [5.41, 5.74) is 3.31. The quantitative estimate of drug-likeness (QED) is 0.670. The molecule has 1 amide bonds. The highest BCUT2D eigenvalue weighted by atomic mass is 32.2. The van der Waals surface area contributed by atoms with Gasteiger partial charge in [0.05, 0.1) is 15.5 Å². The zero-order chi connectivity index (χ0) is 19.2. The Morgan fingerprint density at radius 3 is 2.48 bits per heavy atom. The summed E-state index contributed by atoms with van der Waals surface area (Å²) in [5, 5.41) is 2.90. The highest BCUT2D eigenvalue weighted by Crippen LogP contribution is 2.42. The monoisotopic (exact) mass is 397 g/mol. The number of carbonyl (C=O) groups excluding carboxylic acids is 1. The van der Waals surface area contributed by atoms with Crippen molar-refractivity contribution in [3.63, 3.8) is 0 Å². The summed E-state index contributed by atoms with van der Waals surface area (Å²) >= 11 is 1.34. The molecule has 0 spiro atoms. The molecule has 0 saturated carbocycles. The number of thiophene rings is 1. The fraction of sp³-hybridized carbons (Fsp3) is 0.190. The first-order valence-electron chi connectivity index (χ1n) is 8.71. The number of amides is 1. The first-order chi connectivity index (χ1) is 12.8. The minimum absolute atomic E-state index is 0.0633. The molecule has 0 radical (unpaired) electrons. The van der Waals surface area contributed by atoms with Gasteiger partial charge < -0.3 is 5.32 Å². The second-order valence-electron chi connectivity index (χ2n) is 6.95. The van der Waals surface area contributed by atoms with Crippen molar-refractivity contribution in [1.29, 1.82) is 0 Å². The Hall–Kier alpha value is -2.44. The summed E-state index contributed by atoms with van der Waals surface area (Å²) < 4.78 is 25.0. The Balaban J connectivity index is 1.64. The molecule has 0 atom stereocenters. The molecular weight excluding hydrogens is 378 g/mol. The number of benzene rings is 2. The Bertz CT molecular complexity index is 1130. The number of fused-ring (bicyclic) bond motifs is 3. The molecule has 1 aliphatic heterocycles. The molecule has 0 aliphatic carbocycles. The maximum Gasteiger partial charge on any atom is 0.265 e. The molecule has 1 aliphatic rings. The smallest absolute Gasteiger partial charge is 0.265 e. The molecule has 138 valence electrons. The third-order valence-corrected chi connectivity index (χ3v) is 7.61. The standard InChI is InChI=1S/C21H19NO3S2/c1-13(2)14-7-9-16(10-8-14)22-21(23)18-11-15-12-27(24,25)19-6-4-3-5-17(19)20(15)26-18/h3-11,13H,12H2,1-2H3,(H,22,23). The maximum absolute atomic E-state index is 12.7. The molecular formula is C21H19NO3S2. The lowest BCUT2D eigenvalue weighted by Gasteiger charge is -2.15. The molecule has 4 rings (SSSR count). The van der Waals surface area contributed by atoms with Crippen LogP contribution in [0.3, 0.4) is 0 Å². The van der Waals surface area contributed by atoms with Gasteiger partial charge in [-0.15, -0.1) is 11.3 Å². The molecule has 6 heteroatoms. The molecule has 1 N–H and O–H groups in total. The summed E-state index contributed by atoms with van der Waals surface area (Å²) in [6, 6.07) is 16.5. The first-order valence-corrected chi connectivity index (χ1v) is 11.2. The molecule has 0 unspecified atom stereocenters. The van der Waals surface area contributed by atoms with Gasteiger partial charge in [-0.2, -0.15) is 0 Å². The van der Waals surface area contributed by atoms with Gasteiger partial charge in [-0.3, -0.25) is 4.79 Å². The first kappa shape index (κ1) is 17.9. The van der Waals surface area contributed by atoms with Gasteiger partial charge >= 0.3 is 0 Å². The minimum Gasteiger partial charge on any atom is -0.321 e. The summed E-state index contributed by atoms with van der Waals surface area (Å²) in [4.78, 5) is 14.4. The van der Waals surface area contributed by atoms with Gasteiger partial charge in [-0.25, -0.2) is 8.42 Å². The third-order valence-electron chi connectivity index (χ3n) is 4.68. The molecule has 0 saturated heterocycles. The van der Waals surface area contributed by atoms with Crippen LogP contribution in [-0.4, -0.2) is 14.3 Å². The summed E-state index contributed by atoms with van der Waals surface area (Å²) in [6.07, 6.45) is 0. The number of rotatable bonds is 3. The highest BCUT2D eigenvalue weighted by molar-refractivity contribution is 7.91. The van der Waals surface area contributed by atoms with E-state index in [1.807, 2.05) is 30.3 Å².